The third-order valence-electron chi connectivity index (χ3n) is 9.46. The minimum atomic E-state index is -1.27. The molecule has 2 saturated heterocycles. The standard InChI is InChI=1S/C45H50O11S/c1-3-5-27-49-37-35(54-45(40(37)50-28-6-4-2)57-34-25-17-10-18-26-34)30-52-44-39(56-43(48)33-23-15-9-16-24-33)38(55-42(47)32-21-13-8-14-22-32)36(53-44)29-51-41(46)31-19-11-7-12-20-31/h7-26,35-40,44-45H,3-6,27-30H2,1-2H3/t35-,36?,37?,38+,39-,40-,44+,45-/m0/s1. The fraction of sp³-hybridized carbons (Fsp3) is 0.400. The van der Waals surface area contributed by atoms with Crippen molar-refractivity contribution in [1.82, 2.24) is 0 Å². The van der Waals surface area contributed by atoms with E-state index >= 15 is 0 Å². The van der Waals surface area contributed by atoms with Crippen LogP contribution >= 0.6 is 11.8 Å². The summed E-state index contributed by atoms with van der Waals surface area (Å²) in [5.41, 5.74) is 0.474. The van der Waals surface area contributed by atoms with Gasteiger partial charge < -0.3 is 37.9 Å². The summed E-state index contributed by atoms with van der Waals surface area (Å²) < 4.78 is 50.3. The van der Waals surface area contributed by atoms with E-state index in [1.807, 2.05) is 30.3 Å². The second-order valence-electron chi connectivity index (χ2n) is 13.7. The molecule has 0 radical (unpaired) electrons. The summed E-state index contributed by atoms with van der Waals surface area (Å²) in [7, 11) is 0. The van der Waals surface area contributed by atoms with Gasteiger partial charge in [-0.15, -0.1) is 0 Å². The smallest absolute Gasteiger partial charge is 0.338 e. The Bertz CT molecular complexity index is 1810. The maximum absolute atomic E-state index is 13.6. The third kappa shape index (κ3) is 11.8. The molecular formula is C45H50O11S. The van der Waals surface area contributed by atoms with Gasteiger partial charge in [0.1, 0.15) is 36.5 Å². The van der Waals surface area contributed by atoms with Crippen molar-refractivity contribution in [3.63, 3.8) is 0 Å². The van der Waals surface area contributed by atoms with Crippen LogP contribution in [-0.2, 0) is 37.9 Å². The van der Waals surface area contributed by atoms with Gasteiger partial charge in [0.05, 0.1) is 23.3 Å². The van der Waals surface area contributed by atoms with Gasteiger partial charge >= 0.3 is 17.9 Å². The Kier molecular flexibility index (Phi) is 16.1. The maximum Gasteiger partial charge on any atom is 0.338 e. The van der Waals surface area contributed by atoms with Gasteiger partial charge in [-0.05, 0) is 61.4 Å². The maximum atomic E-state index is 13.6. The molecular weight excluding hydrogens is 749 g/mol. The largest absolute Gasteiger partial charge is 0.459 e. The molecule has 0 amide bonds. The SMILES string of the molecule is CCCCOC1[C@H](CO[C@@H]2OC(COC(=O)c3ccccc3)[C@@H](OC(=O)c3ccccc3)[C@@H]2OC(=O)c2ccccc2)O[C@@H](Sc2ccccc2)[C@H]1OCCCC. The number of hydrogen-bond donors (Lipinski definition) is 0. The second-order valence-corrected chi connectivity index (χ2v) is 14.8. The van der Waals surface area contributed by atoms with Crippen LogP contribution in [-0.4, -0.2) is 92.7 Å². The summed E-state index contributed by atoms with van der Waals surface area (Å²) in [6, 6.07) is 35.3. The molecule has 11 nitrogen and oxygen atoms in total. The summed E-state index contributed by atoms with van der Waals surface area (Å²) in [6.07, 6.45) is -2.69. The lowest BCUT2D eigenvalue weighted by Crippen LogP contribution is -2.44. The first-order valence-corrected chi connectivity index (χ1v) is 20.4. The van der Waals surface area contributed by atoms with E-state index in [1.54, 1.807) is 103 Å². The van der Waals surface area contributed by atoms with Gasteiger partial charge in [0.2, 0.25) is 0 Å². The highest BCUT2D eigenvalue weighted by atomic mass is 32.2. The van der Waals surface area contributed by atoms with Gasteiger partial charge in [0.25, 0.3) is 0 Å². The van der Waals surface area contributed by atoms with Crippen LogP contribution in [0.2, 0.25) is 0 Å². The van der Waals surface area contributed by atoms with Crippen molar-refractivity contribution < 1.29 is 52.3 Å². The third-order valence-corrected chi connectivity index (χ3v) is 10.6. The monoisotopic (exact) mass is 798 g/mol. The van der Waals surface area contributed by atoms with E-state index in [1.165, 1.54) is 0 Å². The molecule has 2 aliphatic rings. The number of carbonyl (C=O) groups is 3. The zero-order valence-electron chi connectivity index (χ0n) is 32.2. The zero-order chi connectivity index (χ0) is 39.8. The highest BCUT2D eigenvalue weighted by molar-refractivity contribution is 7.99. The number of ether oxygens (including phenoxy) is 8. The molecule has 0 bridgehead atoms. The normalized spacial score (nSPS) is 24.2. The van der Waals surface area contributed by atoms with Crippen LogP contribution in [0, 0.1) is 0 Å². The highest BCUT2D eigenvalue weighted by Gasteiger charge is 2.53. The summed E-state index contributed by atoms with van der Waals surface area (Å²) in [5.74, 6) is -1.96. The van der Waals surface area contributed by atoms with Crippen molar-refractivity contribution in [3.05, 3.63) is 138 Å². The summed E-state index contributed by atoms with van der Waals surface area (Å²) in [6.45, 7) is 4.88. The van der Waals surface area contributed by atoms with Gasteiger partial charge in [-0.3, -0.25) is 0 Å². The van der Waals surface area contributed by atoms with E-state index in [9.17, 15) is 14.4 Å². The summed E-state index contributed by atoms with van der Waals surface area (Å²) in [5, 5.41) is 0. The first-order chi connectivity index (χ1) is 27.9. The first kappa shape index (κ1) is 42.1. The predicted octanol–water partition coefficient (Wildman–Crippen LogP) is 7.92. The van der Waals surface area contributed by atoms with E-state index in [4.69, 9.17) is 37.9 Å². The number of unbranched alkanes of at least 4 members (excludes halogenated alkanes) is 2. The average molecular weight is 799 g/mol. The van der Waals surface area contributed by atoms with Crippen LogP contribution in [0.15, 0.2) is 126 Å². The lowest BCUT2D eigenvalue weighted by Gasteiger charge is -2.27. The fourth-order valence-corrected chi connectivity index (χ4v) is 7.57. The molecule has 4 aromatic rings. The molecule has 2 fully saturated rings. The van der Waals surface area contributed by atoms with Gasteiger partial charge in [0.15, 0.2) is 18.5 Å². The Labute approximate surface area is 338 Å². The minimum absolute atomic E-state index is 0.0454. The molecule has 2 aliphatic heterocycles. The Morgan fingerprint density at radius 1 is 0.526 bits per heavy atom. The van der Waals surface area contributed by atoms with E-state index in [-0.39, 0.29) is 24.3 Å². The highest BCUT2D eigenvalue weighted by Crippen LogP contribution is 2.38. The van der Waals surface area contributed by atoms with Crippen LogP contribution in [0.5, 0.6) is 0 Å². The quantitative estimate of drug-likeness (QED) is 0.0490. The van der Waals surface area contributed by atoms with Crippen molar-refractivity contribution in [3.8, 4) is 0 Å². The van der Waals surface area contributed by atoms with Crippen LogP contribution in [0.3, 0.4) is 0 Å². The molecule has 8 atom stereocenters. The van der Waals surface area contributed by atoms with Crippen molar-refractivity contribution in [2.24, 2.45) is 0 Å². The van der Waals surface area contributed by atoms with Crippen LogP contribution < -0.4 is 0 Å². The minimum Gasteiger partial charge on any atom is -0.459 e. The van der Waals surface area contributed by atoms with Crippen LogP contribution in [0.4, 0.5) is 0 Å². The molecule has 4 aromatic carbocycles. The lowest BCUT2D eigenvalue weighted by atomic mass is 10.1. The number of carbonyl (C=O) groups excluding carboxylic acids is 3. The van der Waals surface area contributed by atoms with Crippen LogP contribution in [0.1, 0.15) is 70.6 Å². The first-order valence-electron chi connectivity index (χ1n) is 19.6. The van der Waals surface area contributed by atoms with Crippen molar-refractivity contribution in [2.45, 2.75) is 92.8 Å². The number of esters is 3. The van der Waals surface area contributed by atoms with E-state index in [2.05, 4.69) is 13.8 Å². The van der Waals surface area contributed by atoms with Gasteiger partial charge in [-0.2, -0.15) is 0 Å². The zero-order valence-corrected chi connectivity index (χ0v) is 33.0. The molecule has 0 spiro atoms. The molecule has 2 unspecified atom stereocenters. The van der Waals surface area contributed by atoms with Gasteiger partial charge in [0, 0.05) is 18.1 Å². The Hall–Kier alpha value is -4.56. The summed E-state index contributed by atoms with van der Waals surface area (Å²) >= 11 is 1.55. The van der Waals surface area contributed by atoms with E-state index in [0.717, 1.165) is 30.6 Å². The average Bonchev–Trinajstić information content (AvgIpc) is 3.75. The molecule has 0 aliphatic carbocycles. The number of hydrogen-bond acceptors (Lipinski definition) is 12. The Balaban J connectivity index is 1.27. The lowest BCUT2D eigenvalue weighted by molar-refractivity contribution is -0.190. The summed E-state index contributed by atoms with van der Waals surface area (Å²) in [4.78, 5) is 41.3. The molecule has 0 saturated carbocycles. The molecule has 57 heavy (non-hydrogen) atoms. The number of thioether (sulfide) groups is 1. The number of benzene rings is 4. The van der Waals surface area contributed by atoms with Crippen molar-refractivity contribution >= 4 is 29.7 Å². The van der Waals surface area contributed by atoms with Crippen molar-refractivity contribution in [2.75, 3.05) is 26.4 Å². The second kappa shape index (κ2) is 21.8. The Morgan fingerprint density at radius 2 is 1.00 bits per heavy atom. The Morgan fingerprint density at radius 3 is 1.54 bits per heavy atom. The van der Waals surface area contributed by atoms with E-state index < -0.39 is 66.3 Å². The topological polar surface area (TPSA) is 125 Å². The van der Waals surface area contributed by atoms with Crippen LogP contribution in [0.25, 0.3) is 0 Å². The predicted molar refractivity (Wildman–Crippen MR) is 213 cm³/mol. The number of rotatable bonds is 20. The van der Waals surface area contributed by atoms with Crippen molar-refractivity contribution in [1.29, 1.82) is 0 Å². The molecule has 6 rings (SSSR count). The molecule has 302 valence electrons. The van der Waals surface area contributed by atoms with Gasteiger partial charge in [-0.1, -0.05) is 111 Å². The van der Waals surface area contributed by atoms with E-state index in [0.29, 0.717) is 18.8 Å². The fourth-order valence-electron chi connectivity index (χ4n) is 6.42. The van der Waals surface area contributed by atoms with Gasteiger partial charge in [-0.25, -0.2) is 14.4 Å². The molecule has 0 aromatic heterocycles. The molecule has 12 heteroatoms. The molecule has 2 heterocycles. The molecule has 0 N–H and O–H groups in total.